The monoisotopic (exact) mass is 627 g/mol. The number of carbonyl (C=O) groups excluding carboxylic acids is 1. The number of rotatable bonds is 6. The van der Waals surface area contributed by atoms with E-state index >= 15 is 0 Å². The van der Waals surface area contributed by atoms with Crippen molar-refractivity contribution in [3.63, 3.8) is 0 Å². The molecule has 0 saturated carbocycles. The molecule has 4 rings (SSSR count). The van der Waals surface area contributed by atoms with E-state index in [1.165, 1.54) is 4.90 Å². The van der Waals surface area contributed by atoms with Gasteiger partial charge >= 0.3 is 18.4 Å². The summed E-state index contributed by atoms with van der Waals surface area (Å²) in [5.74, 6) is -1.33. The number of nitrogens with zero attached hydrogens (tertiary/aromatic N) is 2. The number of carbonyl (C=O) groups is 2. The number of alkyl halides is 6. The van der Waals surface area contributed by atoms with E-state index in [0.717, 1.165) is 24.3 Å². The van der Waals surface area contributed by atoms with E-state index in [2.05, 4.69) is 5.32 Å². The van der Waals surface area contributed by atoms with Crippen LogP contribution in [0.5, 0.6) is 0 Å². The average Bonchev–Trinajstić information content (AvgIpc) is 3.34. The van der Waals surface area contributed by atoms with Crippen LogP contribution >= 0.6 is 0 Å². The molecule has 0 aliphatic carbocycles. The number of nitrogens with one attached hydrogen (secondary N) is 1. The van der Waals surface area contributed by atoms with Crippen LogP contribution in [0.25, 0.3) is 0 Å². The SMILES string of the molecule is O=C(O)N[C@@H]1CCN(C(=O)C[C@@H]2CCc3cc(C(O)(C(F)(F)F)C(F)(F)F)ccc3N2S(=O)(=O)c2ccc(F)cc2)C1. The van der Waals surface area contributed by atoms with Gasteiger partial charge in [0.2, 0.25) is 5.91 Å². The molecule has 0 bridgehead atoms. The van der Waals surface area contributed by atoms with Gasteiger partial charge < -0.3 is 20.4 Å². The number of likely N-dealkylation sites (tertiary alicyclic amines) is 1. The second-order valence-corrected chi connectivity index (χ2v) is 11.8. The van der Waals surface area contributed by atoms with Crippen LogP contribution in [-0.4, -0.2) is 73.1 Å². The molecule has 0 radical (unpaired) electrons. The molecular weight excluding hydrogens is 603 g/mol. The van der Waals surface area contributed by atoms with Crippen molar-refractivity contribution >= 4 is 27.7 Å². The molecule has 2 aliphatic heterocycles. The molecule has 17 heteroatoms. The Morgan fingerprint density at radius 3 is 2.17 bits per heavy atom. The number of hydrogen-bond donors (Lipinski definition) is 3. The molecule has 1 fully saturated rings. The highest BCUT2D eigenvalue weighted by molar-refractivity contribution is 7.92. The van der Waals surface area contributed by atoms with Gasteiger partial charge in [-0.15, -0.1) is 0 Å². The number of fused-ring (bicyclic) bond motifs is 1. The lowest BCUT2D eigenvalue weighted by Gasteiger charge is -2.39. The van der Waals surface area contributed by atoms with Crippen molar-refractivity contribution in [3.05, 3.63) is 59.4 Å². The quantitative estimate of drug-likeness (QED) is 0.417. The van der Waals surface area contributed by atoms with Crippen LogP contribution < -0.4 is 9.62 Å². The number of aryl methyl sites for hydroxylation is 1. The fraction of sp³-hybridized carbons (Fsp3) is 0.440. The van der Waals surface area contributed by atoms with Crippen LogP contribution in [0, 0.1) is 5.82 Å². The smallest absolute Gasteiger partial charge is 0.430 e. The Morgan fingerprint density at radius 2 is 1.60 bits per heavy atom. The maximum Gasteiger partial charge on any atom is 0.430 e. The largest absolute Gasteiger partial charge is 0.465 e. The number of amides is 2. The molecule has 0 spiro atoms. The zero-order valence-electron chi connectivity index (χ0n) is 21.4. The van der Waals surface area contributed by atoms with Gasteiger partial charge in [-0.2, -0.15) is 26.3 Å². The first kappa shape index (κ1) is 31.3. The van der Waals surface area contributed by atoms with Gasteiger partial charge in [-0.3, -0.25) is 9.10 Å². The minimum absolute atomic E-state index is 0.00990. The summed E-state index contributed by atoms with van der Waals surface area (Å²) in [4.78, 5) is 24.9. The Bertz CT molecular complexity index is 1450. The van der Waals surface area contributed by atoms with E-state index in [1.54, 1.807) is 0 Å². The zero-order chi connectivity index (χ0) is 31.3. The van der Waals surface area contributed by atoms with Crippen LogP contribution in [0.1, 0.15) is 30.4 Å². The molecule has 0 aromatic heterocycles. The summed E-state index contributed by atoms with van der Waals surface area (Å²) in [5.41, 5.74) is -7.38. The van der Waals surface area contributed by atoms with Crippen LogP contribution in [0.4, 0.5) is 41.2 Å². The Morgan fingerprint density at radius 1 is 0.976 bits per heavy atom. The van der Waals surface area contributed by atoms with Crippen LogP contribution in [0.3, 0.4) is 0 Å². The number of benzene rings is 2. The highest BCUT2D eigenvalue weighted by atomic mass is 32.2. The zero-order valence-corrected chi connectivity index (χ0v) is 22.2. The lowest BCUT2D eigenvalue weighted by molar-refractivity contribution is -0.376. The van der Waals surface area contributed by atoms with Crippen molar-refractivity contribution < 1.29 is 59.0 Å². The fourth-order valence-electron chi connectivity index (χ4n) is 5.19. The van der Waals surface area contributed by atoms with Crippen LogP contribution in [0.15, 0.2) is 47.4 Å². The van der Waals surface area contributed by atoms with Gasteiger partial charge in [0.25, 0.3) is 15.6 Å². The Hall–Kier alpha value is -3.60. The third-order valence-electron chi connectivity index (χ3n) is 7.28. The molecular formula is C25H24F7N3O6S. The van der Waals surface area contributed by atoms with E-state index in [0.29, 0.717) is 28.9 Å². The van der Waals surface area contributed by atoms with Crippen molar-refractivity contribution in [1.29, 1.82) is 0 Å². The van der Waals surface area contributed by atoms with E-state index in [-0.39, 0.29) is 37.2 Å². The lowest BCUT2D eigenvalue weighted by Crippen LogP contribution is -2.54. The van der Waals surface area contributed by atoms with Gasteiger partial charge in [0.1, 0.15) is 5.82 Å². The second-order valence-electron chi connectivity index (χ2n) is 9.98. The van der Waals surface area contributed by atoms with Gasteiger partial charge in [0.15, 0.2) is 0 Å². The summed E-state index contributed by atoms with van der Waals surface area (Å²) in [5, 5.41) is 21.0. The Kier molecular flexibility index (Phi) is 8.14. The number of carboxylic acid groups (broad SMARTS) is 1. The first-order valence-electron chi connectivity index (χ1n) is 12.4. The molecule has 2 amide bonds. The number of sulfonamides is 1. The van der Waals surface area contributed by atoms with E-state index in [9.17, 15) is 53.8 Å². The maximum atomic E-state index is 13.7. The van der Waals surface area contributed by atoms with Gasteiger partial charge in [-0.05, 0) is 55.2 Å². The van der Waals surface area contributed by atoms with E-state index in [1.807, 2.05) is 0 Å². The first-order valence-corrected chi connectivity index (χ1v) is 13.9. The molecule has 2 aromatic rings. The lowest BCUT2D eigenvalue weighted by atomic mass is 9.87. The fourth-order valence-corrected chi connectivity index (χ4v) is 6.91. The third kappa shape index (κ3) is 5.71. The topological polar surface area (TPSA) is 127 Å². The maximum absolute atomic E-state index is 13.7. The minimum Gasteiger partial charge on any atom is -0.465 e. The summed E-state index contributed by atoms with van der Waals surface area (Å²) in [6.45, 7) is 0.171. The molecule has 42 heavy (non-hydrogen) atoms. The summed E-state index contributed by atoms with van der Waals surface area (Å²) >= 11 is 0. The Labute approximate surface area is 234 Å². The van der Waals surface area contributed by atoms with Gasteiger partial charge in [0.05, 0.1) is 22.7 Å². The van der Waals surface area contributed by atoms with Crippen LogP contribution in [-0.2, 0) is 26.8 Å². The first-order chi connectivity index (χ1) is 19.4. The molecule has 2 aliphatic rings. The summed E-state index contributed by atoms with van der Waals surface area (Å²) in [6.07, 6.45) is -14.2. The van der Waals surface area contributed by atoms with Crippen molar-refractivity contribution in [2.75, 3.05) is 17.4 Å². The van der Waals surface area contributed by atoms with Crippen molar-refractivity contribution in [2.24, 2.45) is 0 Å². The molecule has 230 valence electrons. The third-order valence-corrected chi connectivity index (χ3v) is 9.16. The number of hydrogen-bond acceptors (Lipinski definition) is 5. The standard InChI is InChI=1S/C25H24F7N3O6S/c26-16-3-6-19(7-4-16)42(40,41)35-18(12-21(36)34-10-9-17(13-34)33-22(37)38)5-1-14-11-15(2-8-20(14)35)23(39,24(27,28)29)25(30,31)32/h2-4,6-8,11,17-18,33,39H,1,5,9-10,12-13H2,(H,37,38)/t17-,18+/m1/s1. The molecule has 9 nitrogen and oxygen atoms in total. The molecule has 0 unspecified atom stereocenters. The van der Waals surface area contributed by atoms with E-state index in [4.69, 9.17) is 5.11 Å². The normalized spacial score (nSPS) is 19.9. The van der Waals surface area contributed by atoms with Crippen LogP contribution in [0.2, 0.25) is 0 Å². The van der Waals surface area contributed by atoms with Crippen molar-refractivity contribution in [2.45, 2.75) is 60.6 Å². The number of anilines is 1. The summed E-state index contributed by atoms with van der Waals surface area (Å²) < 4.78 is 123. The predicted molar refractivity (Wildman–Crippen MR) is 131 cm³/mol. The minimum atomic E-state index is -6.16. The van der Waals surface area contributed by atoms with E-state index < -0.39 is 74.8 Å². The van der Waals surface area contributed by atoms with Gasteiger partial charge in [-0.1, -0.05) is 12.1 Å². The highest BCUT2D eigenvalue weighted by Gasteiger charge is 2.71. The average molecular weight is 628 g/mol. The number of halogens is 7. The van der Waals surface area contributed by atoms with Crippen molar-refractivity contribution in [1.82, 2.24) is 10.2 Å². The van der Waals surface area contributed by atoms with Gasteiger partial charge in [0, 0.05) is 25.1 Å². The summed E-state index contributed by atoms with van der Waals surface area (Å²) in [7, 11) is -4.64. The number of aliphatic hydroxyl groups is 1. The second kappa shape index (κ2) is 10.9. The summed E-state index contributed by atoms with van der Waals surface area (Å²) in [6, 6.07) is 3.26. The molecule has 2 aromatic carbocycles. The molecule has 1 saturated heterocycles. The molecule has 3 N–H and O–H groups in total. The molecule has 2 heterocycles. The molecule has 2 atom stereocenters. The Balaban J connectivity index is 1.75. The van der Waals surface area contributed by atoms with Crippen molar-refractivity contribution in [3.8, 4) is 0 Å². The highest BCUT2D eigenvalue weighted by Crippen LogP contribution is 2.51. The predicted octanol–water partition coefficient (Wildman–Crippen LogP) is 3.91. The van der Waals surface area contributed by atoms with Gasteiger partial charge in [-0.25, -0.2) is 17.6 Å².